The van der Waals surface area contributed by atoms with Gasteiger partial charge in [0, 0.05) is 18.3 Å². The first-order valence-electron chi connectivity index (χ1n) is 8.93. The summed E-state index contributed by atoms with van der Waals surface area (Å²) < 4.78 is 24.4. The standard InChI is InChI=1S/C19H18Cl2N6O3S2/c1-10(24-25-19(31)23-12-4-3-5-13(9-12)32(22,29)30)16-18(28)17(27(2)26-16)11-6-7-14(20)15(21)8-11/h3-9,28H,1-2H3,(H2,22,29,30)(H2,23,25,31). The van der Waals surface area contributed by atoms with E-state index >= 15 is 0 Å². The Morgan fingerprint density at radius 1 is 1.22 bits per heavy atom. The van der Waals surface area contributed by atoms with Crippen LogP contribution in [-0.4, -0.2) is 34.1 Å². The molecule has 3 rings (SSSR count). The lowest BCUT2D eigenvalue weighted by molar-refractivity contribution is 0.475. The van der Waals surface area contributed by atoms with Gasteiger partial charge in [0.05, 0.1) is 20.7 Å². The van der Waals surface area contributed by atoms with E-state index in [-0.39, 0.29) is 21.5 Å². The number of halogens is 2. The highest BCUT2D eigenvalue weighted by Crippen LogP contribution is 2.35. The lowest BCUT2D eigenvalue weighted by Gasteiger charge is -2.08. The van der Waals surface area contributed by atoms with Crippen LogP contribution in [0.5, 0.6) is 5.75 Å². The molecule has 5 N–H and O–H groups in total. The highest BCUT2D eigenvalue weighted by atomic mass is 35.5. The number of sulfonamides is 1. The van der Waals surface area contributed by atoms with Crippen LogP contribution in [-0.2, 0) is 17.1 Å². The second-order valence-electron chi connectivity index (χ2n) is 6.63. The van der Waals surface area contributed by atoms with Crippen molar-refractivity contribution < 1.29 is 13.5 Å². The van der Waals surface area contributed by atoms with Crippen LogP contribution in [0.15, 0.2) is 52.5 Å². The summed E-state index contributed by atoms with van der Waals surface area (Å²) in [6.45, 7) is 1.64. The third-order valence-electron chi connectivity index (χ3n) is 4.30. The van der Waals surface area contributed by atoms with Gasteiger partial charge >= 0.3 is 0 Å². The number of hydrogen-bond donors (Lipinski definition) is 4. The molecule has 32 heavy (non-hydrogen) atoms. The highest BCUT2D eigenvalue weighted by Gasteiger charge is 2.20. The number of rotatable bonds is 5. The normalized spacial score (nSPS) is 12.0. The summed E-state index contributed by atoms with van der Waals surface area (Å²) in [7, 11) is -2.17. The second-order valence-corrected chi connectivity index (χ2v) is 9.42. The van der Waals surface area contributed by atoms with Crippen molar-refractivity contribution in [1.82, 2.24) is 15.2 Å². The van der Waals surface area contributed by atoms with E-state index in [2.05, 4.69) is 20.9 Å². The van der Waals surface area contributed by atoms with Crippen LogP contribution < -0.4 is 15.9 Å². The zero-order valence-corrected chi connectivity index (χ0v) is 19.9. The van der Waals surface area contributed by atoms with E-state index in [1.165, 1.54) is 22.9 Å². The maximum Gasteiger partial charge on any atom is 0.238 e. The van der Waals surface area contributed by atoms with Gasteiger partial charge < -0.3 is 10.4 Å². The van der Waals surface area contributed by atoms with Crippen LogP contribution in [0.1, 0.15) is 12.6 Å². The van der Waals surface area contributed by atoms with Gasteiger partial charge in [-0.05, 0) is 49.5 Å². The molecule has 0 atom stereocenters. The van der Waals surface area contributed by atoms with Crippen molar-refractivity contribution in [2.45, 2.75) is 11.8 Å². The SMILES string of the molecule is CC(=NNC(=S)Nc1cccc(S(N)(=O)=O)c1)c1nn(C)c(-c2ccc(Cl)c(Cl)c2)c1O. The molecule has 9 nitrogen and oxygen atoms in total. The maximum atomic E-state index is 11.5. The molecule has 0 aliphatic heterocycles. The lowest BCUT2D eigenvalue weighted by atomic mass is 10.1. The van der Waals surface area contributed by atoms with Crippen LogP contribution in [0.4, 0.5) is 5.69 Å². The van der Waals surface area contributed by atoms with E-state index in [1.807, 2.05) is 0 Å². The number of nitrogens with zero attached hydrogens (tertiary/aromatic N) is 3. The van der Waals surface area contributed by atoms with Crippen LogP contribution in [0, 0.1) is 0 Å². The Hall–Kier alpha value is -2.70. The average Bonchev–Trinajstić information content (AvgIpc) is 3.02. The predicted octanol–water partition coefficient (Wildman–Crippen LogP) is 3.46. The fraction of sp³-hybridized carbons (Fsp3) is 0.105. The van der Waals surface area contributed by atoms with Crippen molar-refractivity contribution in [3.63, 3.8) is 0 Å². The molecule has 0 saturated heterocycles. The molecule has 0 spiro atoms. The van der Waals surface area contributed by atoms with Gasteiger partial charge in [-0.1, -0.05) is 35.3 Å². The number of hydrogen-bond acceptors (Lipinski definition) is 6. The van der Waals surface area contributed by atoms with Gasteiger partial charge in [0.15, 0.2) is 16.6 Å². The first-order valence-corrected chi connectivity index (χ1v) is 11.6. The minimum Gasteiger partial charge on any atom is -0.504 e. The monoisotopic (exact) mass is 512 g/mol. The number of aryl methyl sites for hydroxylation is 1. The fourth-order valence-corrected chi connectivity index (χ4v) is 3.84. The van der Waals surface area contributed by atoms with Gasteiger partial charge in [0.2, 0.25) is 10.0 Å². The Kier molecular flexibility index (Phi) is 7.06. The summed E-state index contributed by atoms with van der Waals surface area (Å²) in [6.07, 6.45) is 0. The molecule has 0 aliphatic rings. The Bertz CT molecular complexity index is 1340. The Morgan fingerprint density at radius 3 is 2.59 bits per heavy atom. The van der Waals surface area contributed by atoms with Gasteiger partial charge in [-0.15, -0.1) is 0 Å². The molecule has 0 bridgehead atoms. The van der Waals surface area contributed by atoms with Crippen molar-refractivity contribution in [3.05, 3.63) is 58.2 Å². The number of primary sulfonamides is 1. The van der Waals surface area contributed by atoms with E-state index in [4.69, 9.17) is 40.6 Å². The number of anilines is 1. The number of aromatic nitrogens is 2. The van der Waals surface area contributed by atoms with E-state index < -0.39 is 10.0 Å². The zero-order chi connectivity index (χ0) is 23.6. The molecule has 13 heteroatoms. The molecule has 2 aromatic carbocycles. The topological polar surface area (TPSA) is 135 Å². The molecule has 168 valence electrons. The Morgan fingerprint density at radius 2 is 1.94 bits per heavy atom. The molecule has 0 fully saturated rings. The first kappa shape index (κ1) is 24.0. The zero-order valence-electron chi connectivity index (χ0n) is 16.8. The number of hydrazone groups is 1. The van der Waals surface area contributed by atoms with E-state index in [1.54, 1.807) is 38.2 Å². The minimum absolute atomic E-state index is 0.0572. The van der Waals surface area contributed by atoms with Crippen LogP contribution >= 0.6 is 35.4 Å². The summed E-state index contributed by atoms with van der Waals surface area (Å²) in [5.74, 6) is -0.0892. The van der Waals surface area contributed by atoms with Crippen molar-refractivity contribution in [1.29, 1.82) is 0 Å². The summed E-state index contributed by atoms with van der Waals surface area (Å²) in [4.78, 5) is -0.0572. The first-order chi connectivity index (χ1) is 15.0. The molecule has 0 saturated carbocycles. The van der Waals surface area contributed by atoms with Gasteiger partial charge in [0.25, 0.3) is 0 Å². The maximum absolute atomic E-state index is 11.5. The van der Waals surface area contributed by atoms with Gasteiger partial charge in [-0.2, -0.15) is 10.2 Å². The number of nitrogens with one attached hydrogen (secondary N) is 2. The molecule has 0 unspecified atom stereocenters. The minimum atomic E-state index is -3.84. The smallest absolute Gasteiger partial charge is 0.238 e. The molecule has 3 aromatic rings. The van der Waals surface area contributed by atoms with Crippen LogP contribution in [0.2, 0.25) is 10.0 Å². The largest absolute Gasteiger partial charge is 0.504 e. The van der Waals surface area contributed by atoms with Crippen LogP contribution in [0.25, 0.3) is 11.3 Å². The molecule has 0 radical (unpaired) electrons. The third kappa shape index (κ3) is 5.37. The Labute approximate surface area is 199 Å². The molecule has 1 aromatic heterocycles. The fourth-order valence-electron chi connectivity index (χ4n) is 2.82. The summed E-state index contributed by atoms with van der Waals surface area (Å²) in [5, 5.41) is 28.0. The van der Waals surface area contributed by atoms with Crippen molar-refractivity contribution in [2.24, 2.45) is 17.3 Å². The van der Waals surface area contributed by atoms with E-state index in [0.717, 1.165) is 0 Å². The number of nitrogens with two attached hydrogens (primary N) is 1. The Balaban J connectivity index is 1.78. The third-order valence-corrected chi connectivity index (χ3v) is 6.15. The average molecular weight is 513 g/mol. The van der Waals surface area contributed by atoms with E-state index in [0.29, 0.717) is 32.7 Å². The van der Waals surface area contributed by atoms with E-state index in [9.17, 15) is 13.5 Å². The molecule has 0 amide bonds. The number of benzene rings is 2. The molecular weight excluding hydrogens is 495 g/mol. The predicted molar refractivity (Wildman–Crippen MR) is 130 cm³/mol. The number of thiocarbonyl (C=S) groups is 1. The summed E-state index contributed by atoms with van der Waals surface area (Å²) in [6, 6.07) is 10.8. The van der Waals surface area contributed by atoms with Crippen molar-refractivity contribution in [2.75, 3.05) is 5.32 Å². The molecule has 0 aliphatic carbocycles. The van der Waals surface area contributed by atoms with Gasteiger partial charge in [-0.3, -0.25) is 10.1 Å². The van der Waals surface area contributed by atoms with Gasteiger partial charge in [0.1, 0.15) is 5.69 Å². The highest BCUT2D eigenvalue weighted by molar-refractivity contribution is 7.89. The molecular formula is C19H18Cl2N6O3S2. The lowest BCUT2D eigenvalue weighted by Crippen LogP contribution is -2.25. The molecule has 1 heterocycles. The van der Waals surface area contributed by atoms with Crippen LogP contribution in [0.3, 0.4) is 0 Å². The summed E-state index contributed by atoms with van der Waals surface area (Å²) in [5.41, 5.74) is 4.69. The van der Waals surface area contributed by atoms with Crippen molar-refractivity contribution in [3.8, 4) is 17.0 Å². The number of aromatic hydroxyl groups is 1. The van der Waals surface area contributed by atoms with Gasteiger partial charge in [-0.25, -0.2) is 13.6 Å². The van der Waals surface area contributed by atoms with Crippen molar-refractivity contribution >= 4 is 62.0 Å². The second kappa shape index (κ2) is 9.43. The quantitative estimate of drug-likeness (QED) is 0.233. The summed E-state index contributed by atoms with van der Waals surface area (Å²) >= 11 is 17.2.